The van der Waals surface area contributed by atoms with Gasteiger partial charge in [0.05, 0.1) is 21.8 Å². The van der Waals surface area contributed by atoms with Crippen molar-refractivity contribution in [2.24, 2.45) is 0 Å². The van der Waals surface area contributed by atoms with E-state index in [0.717, 1.165) is 0 Å². The van der Waals surface area contributed by atoms with E-state index in [1.807, 2.05) is 0 Å². The third-order valence-corrected chi connectivity index (χ3v) is 5.91. The molecule has 168 valence electrons. The number of hydrogen-bond acceptors (Lipinski definition) is 7. The van der Waals surface area contributed by atoms with Crippen LogP contribution in [0.5, 0.6) is 5.75 Å². The highest BCUT2D eigenvalue weighted by molar-refractivity contribution is 6.41. The molecule has 0 bridgehead atoms. The molecule has 0 saturated heterocycles. The van der Waals surface area contributed by atoms with Gasteiger partial charge in [-0.2, -0.15) is 0 Å². The summed E-state index contributed by atoms with van der Waals surface area (Å²) < 4.78 is 10.4. The zero-order valence-corrected chi connectivity index (χ0v) is 18.1. The minimum Gasteiger partial charge on any atom is -0.482 e. The second-order valence-electron chi connectivity index (χ2n) is 7.60. The molecule has 1 aliphatic heterocycles. The summed E-state index contributed by atoms with van der Waals surface area (Å²) in [6.07, 6.45) is 0. The first kappa shape index (κ1) is 21.5. The molecule has 3 aromatic carbocycles. The number of ether oxygens (including phenoxy) is 2. The fourth-order valence-corrected chi connectivity index (χ4v) is 4.18. The molecule has 5 rings (SSSR count). The highest BCUT2D eigenvalue weighted by atomic mass is 35.5. The van der Waals surface area contributed by atoms with Crippen molar-refractivity contribution in [1.29, 1.82) is 0 Å². The summed E-state index contributed by atoms with van der Waals surface area (Å²) in [7, 11) is 0. The van der Waals surface area contributed by atoms with Crippen LogP contribution in [0, 0.1) is 0 Å². The monoisotopic (exact) mass is 475 g/mol. The SMILES string of the molecule is O=C1COc2ccc(C(=O)COC(=O)c3ccc4c(c3Cl)C(=O)c3ccccc3C4=O)cc2N1. The number of benzene rings is 3. The molecule has 1 amide bonds. The Morgan fingerprint density at radius 3 is 2.44 bits per heavy atom. The molecule has 1 N–H and O–H groups in total. The van der Waals surface area contributed by atoms with E-state index < -0.39 is 24.1 Å². The van der Waals surface area contributed by atoms with Crippen LogP contribution in [-0.2, 0) is 9.53 Å². The first-order chi connectivity index (χ1) is 16.3. The average molecular weight is 476 g/mol. The Morgan fingerprint density at radius 1 is 0.941 bits per heavy atom. The van der Waals surface area contributed by atoms with Crippen molar-refractivity contribution < 1.29 is 33.4 Å². The molecular weight excluding hydrogens is 462 g/mol. The number of rotatable bonds is 4. The second-order valence-corrected chi connectivity index (χ2v) is 7.98. The van der Waals surface area contributed by atoms with Gasteiger partial charge in [-0.25, -0.2) is 4.79 Å². The molecule has 1 aliphatic carbocycles. The van der Waals surface area contributed by atoms with Crippen molar-refractivity contribution in [3.8, 4) is 5.75 Å². The fourth-order valence-electron chi connectivity index (χ4n) is 3.85. The zero-order valence-electron chi connectivity index (χ0n) is 17.3. The molecule has 34 heavy (non-hydrogen) atoms. The van der Waals surface area contributed by atoms with E-state index in [-0.39, 0.29) is 56.7 Å². The van der Waals surface area contributed by atoms with Gasteiger partial charge in [0, 0.05) is 22.3 Å². The minimum atomic E-state index is -0.921. The summed E-state index contributed by atoms with van der Waals surface area (Å²) in [6.45, 7) is -0.714. The van der Waals surface area contributed by atoms with E-state index >= 15 is 0 Å². The van der Waals surface area contributed by atoms with Crippen LogP contribution in [0.2, 0.25) is 5.02 Å². The van der Waals surface area contributed by atoms with Crippen molar-refractivity contribution in [2.45, 2.75) is 0 Å². The highest BCUT2D eigenvalue weighted by Gasteiger charge is 2.33. The van der Waals surface area contributed by atoms with Gasteiger partial charge in [0.15, 0.2) is 30.6 Å². The van der Waals surface area contributed by atoms with Gasteiger partial charge in [0.25, 0.3) is 5.91 Å². The number of carbonyl (C=O) groups excluding carboxylic acids is 5. The molecule has 0 aromatic heterocycles. The van der Waals surface area contributed by atoms with Gasteiger partial charge in [-0.1, -0.05) is 35.9 Å². The zero-order chi connectivity index (χ0) is 24.0. The van der Waals surface area contributed by atoms with Crippen LogP contribution >= 0.6 is 11.6 Å². The summed E-state index contributed by atoms with van der Waals surface area (Å²) in [6, 6.07) is 13.4. The van der Waals surface area contributed by atoms with Crippen LogP contribution in [0.4, 0.5) is 5.69 Å². The number of ketones is 3. The lowest BCUT2D eigenvalue weighted by Crippen LogP contribution is -2.25. The van der Waals surface area contributed by atoms with Crippen molar-refractivity contribution in [2.75, 3.05) is 18.5 Å². The second kappa shape index (κ2) is 8.24. The van der Waals surface area contributed by atoms with Crippen LogP contribution in [0.3, 0.4) is 0 Å². The van der Waals surface area contributed by atoms with E-state index in [9.17, 15) is 24.0 Å². The number of anilines is 1. The van der Waals surface area contributed by atoms with Crippen LogP contribution in [0.25, 0.3) is 0 Å². The summed E-state index contributed by atoms with van der Waals surface area (Å²) in [4.78, 5) is 62.4. The van der Waals surface area contributed by atoms with Gasteiger partial charge in [-0.3, -0.25) is 19.2 Å². The molecule has 0 spiro atoms. The maximum absolute atomic E-state index is 13.0. The lowest BCUT2D eigenvalue weighted by atomic mass is 9.83. The molecule has 1 heterocycles. The first-order valence-electron chi connectivity index (χ1n) is 10.1. The van der Waals surface area contributed by atoms with Crippen molar-refractivity contribution in [1.82, 2.24) is 0 Å². The van der Waals surface area contributed by atoms with Crippen molar-refractivity contribution in [3.05, 3.63) is 93.0 Å². The summed E-state index contributed by atoms with van der Waals surface area (Å²) in [5.74, 6) is -2.21. The maximum Gasteiger partial charge on any atom is 0.340 e. The number of halogens is 1. The number of amides is 1. The summed E-state index contributed by atoms with van der Waals surface area (Å²) in [5, 5.41) is 2.38. The number of hydrogen-bond donors (Lipinski definition) is 1. The average Bonchev–Trinajstić information content (AvgIpc) is 2.85. The summed E-state index contributed by atoms with van der Waals surface area (Å²) >= 11 is 6.36. The van der Waals surface area contributed by atoms with E-state index in [2.05, 4.69) is 5.32 Å². The molecule has 2 aliphatic rings. The van der Waals surface area contributed by atoms with Crippen LogP contribution < -0.4 is 10.1 Å². The van der Waals surface area contributed by atoms with Gasteiger partial charge in [0.1, 0.15) is 5.75 Å². The van der Waals surface area contributed by atoms with Crippen molar-refractivity contribution >= 4 is 46.5 Å². The third kappa shape index (κ3) is 3.54. The van der Waals surface area contributed by atoms with Crippen LogP contribution in [0.1, 0.15) is 52.6 Å². The Morgan fingerprint density at radius 2 is 1.68 bits per heavy atom. The minimum absolute atomic E-state index is 0.0726. The van der Waals surface area contributed by atoms with Crippen LogP contribution in [0.15, 0.2) is 54.6 Å². The lowest BCUT2D eigenvalue weighted by Gasteiger charge is -2.19. The Hall–Kier alpha value is -4.30. The number of carbonyl (C=O) groups is 5. The van der Waals surface area contributed by atoms with Gasteiger partial charge in [-0.05, 0) is 30.3 Å². The van der Waals surface area contributed by atoms with Gasteiger partial charge >= 0.3 is 5.97 Å². The Kier molecular flexibility index (Phi) is 5.22. The van der Waals surface area contributed by atoms with E-state index in [0.29, 0.717) is 11.4 Å². The third-order valence-electron chi connectivity index (χ3n) is 5.52. The van der Waals surface area contributed by atoms with E-state index in [1.54, 1.807) is 18.2 Å². The predicted octanol–water partition coefficient (Wildman–Crippen LogP) is 3.49. The Labute approximate surface area is 197 Å². The quantitative estimate of drug-likeness (QED) is 0.355. The van der Waals surface area contributed by atoms with Crippen LogP contribution in [-0.4, -0.2) is 42.4 Å². The fraction of sp³-hybridized carbons (Fsp3) is 0.0800. The number of esters is 1. The highest BCUT2D eigenvalue weighted by Crippen LogP contribution is 2.34. The van der Waals surface area contributed by atoms with Crippen molar-refractivity contribution in [3.63, 3.8) is 0 Å². The summed E-state index contributed by atoms with van der Waals surface area (Å²) in [5.41, 5.74) is 0.895. The molecule has 0 radical (unpaired) electrons. The lowest BCUT2D eigenvalue weighted by molar-refractivity contribution is -0.118. The predicted molar refractivity (Wildman–Crippen MR) is 120 cm³/mol. The molecule has 0 fully saturated rings. The molecular formula is C25H14ClNO7. The molecule has 9 heteroatoms. The maximum atomic E-state index is 13.0. The number of nitrogens with one attached hydrogen (secondary N) is 1. The molecule has 3 aromatic rings. The first-order valence-corrected chi connectivity index (χ1v) is 10.5. The normalized spacial score (nSPS) is 13.7. The Balaban J connectivity index is 1.36. The standard InChI is InChI=1S/C25H14ClNO7/c26-22-16(7-6-15-21(22)24(31)14-4-2-1-3-13(14)23(15)30)25(32)34-10-18(28)12-5-8-19-17(9-12)27-20(29)11-33-19/h1-9H,10-11H2,(H,27,29). The molecule has 0 saturated carbocycles. The van der Waals surface area contributed by atoms with Gasteiger partial charge in [-0.15, -0.1) is 0 Å². The molecule has 8 nitrogen and oxygen atoms in total. The van der Waals surface area contributed by atoms with Gasteiger partial charge < -0.3 is 14.8 Å². The van der Waals surface area contributed by atoms with Gasteiger partial charge in [0.2, 0.25) is 0 Å². The number of fused-ring (bicyclic) bond motifs is 3. The molecule has 0 atom stereocenters. The smallest absolute Gasteiger partial charge is 0.340 e. The number of Topliss-reactive ketones (excluding diaryl/α,β-unsaturated/α-hetero) is 1. The Bertz CT molecular complexity index is 1440. The molecule has 0 unspecified atom stereocenters. The topological polar surface area (TPSA) is 116 Å². The van der Waals surface area contributed by atoms with E-state index in [1.165, 1.54) is 36.4 Å². The largest absolute Gasteiger partial charge is 0.482 e. The van der Waals surface area contributed by atoms with E-state index in [4.69, 9.17) is 21.1 Å².